The van der Waals surface area contributed by atoms with Crippen molar-refractivity contribution in [2.24, 2.45) is 0 Å². The van der Waals surface area contributed by atoms with E-state index in [-0.39, 0.29) is 12.4 Å². The van der Waals surface area contributed by atoms with Crippen LogP contribution in [0.25, 0.3) is 6.08 Å². The Morgan fingerprint density at radius 1 is 1.12 bits per heavy atom. The quantitative estimate of drug-likeness (QED) is 0.531. The predicted octanol–water partition coefficient (Wildman–Crippen LogP) is 4.03. The van der Waals surface area contributed by atoms with Crippen LogP contribution in [0.15, 0.2) is 72.9 Å². The SMILES string of the molecule is Cc1ccc(C(=O)c2cccn2C/C=C/c2cccc(CN3CCOCC3C(=O)O)c2)cc1. The number of aliphatic carboxylic acids is 1. The van der Waals surface area contributed by atoms with E-state index in [1.54, 1.807) is 0 Å². The van der Waals surface area contributed by atoms with Crippen LogP contribution in [0.2, 0.25) is 0 Å². The molecule has 1 aliphatic heterocycles. The molecule has 4 rings (SSSR count). The lowest BCUT2D eigenvalue weighted by atomic mass is 10.1. The van der Waals surface area contributed by atoms with Gasteiger partial charge in [0, 0.05) is 31.4 Å². The smallest absolute Gasteiger partial charge is 0.323 e. The van der Waals surface area contributed by atoms with Crippen LogP contribution in [0.5, 0.6) is 0 Å². The Balaban J connectivity index is 1.42. The molecular formula is C27H28N2O4. The van der Waals surface area contributed by atoms with Crippen LogP contribution < -0.4 is 0 Å². The van der Waals surface area contributed by atoms with E-state index >= 15 is 0 Å². The van der Waals surface area contributed by atoms with Crippen LogP contribution in [0.4, 0.5) is 0 Å². The van der Waals surface area contributed by atoms with Gasteiger partial charge < -0.3 is 14.4 Å². The Morgan fingerprint density at radius 3 is 2.73 bits per heavy atom. The number of aromatic nitrogens is 1. The highest BCUT2D eigenvalue weighted by molar-refractivity contribution is 6.08. The minimum absolute atomic E-state index is 0.00823. The predicted molar refractivity (Wildman–Crippen MR) is 127 cm³/mol. The second-order valence-corrected chi connectivity index (χ2v) is 8.29. The van der Waals surface area contributed by atoms with Gasteiger partial charge in [0.05, 0.1) is 18.9 Å². The first-order valence-corrected chi connectivity index (χ1v) is 11.1. The van der Waals surface area contributed by atoms with Gasteiger partial charge in [-0.1, -0.05) is 66.2 Å². The van der Waals surface area contributed by atoms with Crippen molar-refractivity contribution in [3.63, 3.8) is 0 Å². The van der Waals surface area contributed by atoms with Gasteiger partial charge in [0.25, 0.3) is 0 Å². The number of hydrogen-bond donors (Lipinski definition) is 1. The number of hydrogen-bond acceptors (Lipinski definition) is 4. The van der Waals surface area contributed by atoms with Crippen molar-refractivity contribution < 1.29 is 19.4 Å². The Morgan fingerprint density at radius 2 is 1.94 bits per heavy atom. The molecule has 6 heteroatoms. The Labute approximate surface area is 193 Å². The van der Waals surface area contributed by atoms with Crippen molar-refractivity contribution in [1.29, 1.82) is 0 Å². The second kappa shape index (κ2) is 10.4. The maximum absolute atomic E-state index is 12.9. The summed E-state index contributed by atoms with van der Waals surface area (Å²) in [6, 6.07) is 18.8. The van der Waals surface area contributed by atoms with Crippen molar-refractivity contribution >= 4 is 17.8 Å². The number of carbonyl (C=O) groups excluding carboxylic acids is 1. The summed E-state index contributed by atoms with van der Waals surface area (Å²) in [4.78, 5) is 26.3. The maximum atomic E-state index is 12.9. The monoisotopic (exact) mass is 444 g/mol. The molecule has 6 nitrogen and oxygen atoms in total. The third-order valence-corrected chi connectivity index (χ3v) is 5.85. The van der Waals surface area contributed by atoms with Crippen molar-refractivity contribution in [3.8, 4) is 0 Å². The number of carboxylic acids is 1. The molecule has 2 aromatic carbocycles. The van der Waals surface area contributed by atoms with E-state index in [9.17, 15) is 14.7 Å². The van der Waals surface area contributed by atoms with E-state index in [1.165, 1.54) is 0 Å². The lowest BCUT2D eigenvalue weighted by Crippen LogP contribution is -2.49. The summed E-state index contributed by atoms with van der Waals surface area (Å²) in [6.07, 6.45) is 5.96. The van der Waals surface area contributed by atoms with Gasteiger partial charge >= 0.3 is 5.97 Å². The highest BCUT2D eigenvalue weighted by atomic mass is 16.5. The molecule has 0 spiro atoms. The van der Waals surface area contributed by atoms with E-state index in [2.05, 4.69) is 6.07 Å². The first-order chi connectivity index (χ1) is 16.0. The minimum atomic E-state index is -0.853. The van der Waals surface area contributed by atoms with Gasteiger partial charge in [0.15, 0.2) is 0 Å². The van der Waals surface area contributed by atoms with Crippen LogP contribution in [-0.4, -0.2) is 52.1 Å². The molecular weight excluding hydrogens is 416 g/mol. The number of rotatable bonds is 8. The van der Waals surface area contributed by atoms with E-state index in [1.807, 2.05) is 89.3 Å². The summed E-state index contributed by atoms with van der Waals surface area (Å²) in [6.45, 7) is 4.51. The van der Waals surface area contributed by atoms with Crippen molar-refractivity contribution in [1.82, 2.24) is 9.47 Å². The average Bonchev–Trinajstić information content (AvgIpc) is 3.28. The molecule has 1 N–H and O–H groups in total. The maximum Gasteiger partial charge on any atom is 0.323 e. The molecule has 2 heterocycles. The lowest BCUT2D eigenvalue weighted by Gasteiger charge is -2.32. The third kappa shape index (κ3) is 5.66. The van der Waals surface area contributed by atoms with Gasteiger partial charge in [0.1, 0.15) is 6.04 Å². The molecule has 0 aliphatic carbocycles. The zero-order valence-corrected chi connectivity index (χ0v) is 18.7. The molecule has 170 valence electrons. The Bertz CT molecular complexity index is 1150. The molecule has 1 aromatic heterocycles. The first-order valence-electron chi connectivity index (χ1n) is 11.1. The van der Waals surface area contributed by atoms with Crippen molar-refractivity contribution in [3.05, 3.63) is 101 Å². The van der Waals surface area contributed by atoms with E-state index in [0.29, 0.717) is 37.5 Å². The standard InChI is InChI=1S/C27H28N2O4/c1-20-9-11-23(12-10-20)26(30)24-8-4-14-28(24)13-3-7-21-5-2-6-22(17-21)18-29-15-16-33-19-25(29)27(31)32/h2-12,14,17,25H,13,15-16,18-19H2,1H3,(H,31,32)/b7-3+. The molecule has 3 aromatic rings. The number of aryl methyl sites for hydroxylation is 1. The van der Waals surface area contributed by atoms with Crippen LogP contribution in [0.1, 0.15) is 32.7 Å². The van der Waals surface area contributed by atoms with Crippen molar-refractivity contribution in [2.75, 3.05) is 19.8 Å². The second-order valence-electron chi connectivity index (χ2n) is 8.29. The van der Waals surface area contributed by atoms with Crippen LogP contribution in [-0.2, 0) is 22.6 Å². The zero-order chi connectivity index (χ0) is 23.2. The Hall–Kier alpha value is -3.48. The fourth-order valence-electron chi connectivity index (χ4n) is 4.02. The van der Waals surface area contributed by atoms with Crippen molar-refractivity contribution in [2.45, 2.75) is 26.1 Å². The van der Waals surface area contributed by atoms with Gasteiger partial charge in [-0.05, 0) is 30.2 Å². The molecule has 0 amide bonds. The molecule has 1 unspecified atom stereocenters. The molecule has 0 bridgehead atoms. The van der Waals surface area contributed by atoms with Crippen LogP contribution >= 0.6 is 0 Å². The van der Waals surface area contributed by atoms with Gasteiger partial charge in [-0.2, -0.15) is 0 Å². The summed E-state index contributed by atoms with van der Waals surface area (Å²) < 4.78 is 7.26. The summed E-state index contributed by atoms with van der Waals surface area (Å²) >= 11 is 0. The van der Waals surface area contributed by atoms with Gasteiger partial charge in [-0.15, -0.1) is 0 Å². The number of ether oxygens (including phenoxy) is 1. The highest BCUT2D eigenvalue weighted by Crippen LogP contribution is 2.16. The molecule has 1 fully saturated rings. The number of morpholine rings is 1. The summed E-state index contributed by atoms with van der Waals surface area (Å²) in [5.41, 5.74) is 4.55. The fraction of sp³-hybridized carbons (Fsp3) is 0.259. The number of ketones is 1. The third-order valence-electron chi connectivity index (χ3n) is 5.85. The molecule has 0 saturated carbocycles. The van der Waals surface area contributed by atoms with E-state index < -0.39 is 12.0 Å². The van der Waals surface area contributed by atoms with Gasteiger partial charge in [-0.25, -0.2) is 0 Å². The molecule has 1 saturated heterocycles. The molecule has 33 heavy (non-hydrogen) atoms. The van der Waals surface area contributed by atoms with Gasteiger partial charge in [-0.3, -0.25) is 14.5 Å². The van der Waals surface area contributed by atoms with Crippen LogP contribution in [0.3, 0.4) is 0 Å². The number of carboxylic acid groups (broad SMARTS) is 1. The van der Waals surface area contributed by atoms with Crippen LogP contribution in [0, 0.1) is 6.92 Å². The number of allylic oxidation sites excluding steroid dienone is 1. The highest BCUT2D eigenvalue weighted by Gasteiger charge is 2.29. The minimum Gasteiger partial charge on any atom is -0.480 e. The summed E-state index contributed by atoms with van der Waals surface area (Å²) in [5, 5.41) is 9.44. The number of benzene rings is 2. The Kier molecular flexibility index (Phi) is 7.17. The normalized spacial score (nSPS) is 16.8. The lowest BCUT2D eigenvalue weighted by molar-refractivity contribution is -0.150. The average molecular weight is 445 g/mol. The number of carbonyl (C=O) groups is 2. The van der Waals surface area contributed by atoms with Gasteiger partial charge in [0.2, 0.25) is 5.78 Å². The zero-order valence-electron chi connectivity index (χ0n) is 18.7. The van der Waals surface area contributed by atoms with E-state index in [0.717, 1.165) is 16.7 Å². The largest absolute Gasteiger partial charge is 0.480 e. The molecule has 1 aliphatic rings. The van der Waals surface area contributed by atoms with E-state index in [4.69, 9.17) is 4.74 Å². The number of nitrogens with zero attached hydrogens (tertiary/aromatic N) is 2. The molecule has 0 radical (unpaired) electrons. The molecule has 1 atom stereocenters. The topological polar surface area (TPSA) is 71.8 Å². The first kappa shape index (κ1) is 22.7. The summed E-state index contributed by atoms with van der Waals surface area (Å²) in [5.74, 6) is -0.845. The fourth-order valence-corrected chi connectivity index (χ4v) is 4.02. The summed E-state index contributed by atoms with van der Waals surface area (Å²) in [7, 11) is 0.